The van der Waals surface area contributed by atoms with E-state index in [4.69, 9.17) is 5.84 Å². The van der Waals surface area contributed by atoms with Gasteiger partial charge < -0.3 is 0 Å². The van der Waals surface area contributed by atoms with Crippen LogP contribution in [0.25, 0.3) is 0 Å². The van der Waals surface area contributed by atoms with Gasteiger partial charge in [-0.3, -0.25) is 11.3 Å². The Balaban J connectivity index is 2.02. The summed E-state index contributed by atoms with van der Waals surface area (Å²) in [6, 6.07) is 1.99. The molecule has 0 radical (unpaired) electrons. The minimum atomic E-state index is -4.05. The van der Waals surface area contributed by atoms with Crippen molar-refractivity contribution in [3.8, 4) is 0 Å². The fourth-order valence-corrected chi connectivity index (χ4v) is 3.73. The Morgan fingerprint density at radius 2 is 1.95 bits per heavy atom. The molecule has 0 aromatic carbocycles. The zero-order chi connectivity index (χ0) is 14.0. The normalized spacial score (nSPS) is 26.4. The Morgan fingerprint density at radius 3 is 2.37 bits per heavy atom. The molecule has 1 aromatic heterocycles. The van der Waals surface area contributed by atoms with Crippen molar-refractivity contribution in [3.63, 3.8) is 0 Å². The van der Waals surface area contributed by atoms with Crippen molar-refractivity contribution in [1.82, 2.24) is 5.43 Å². The lowest BCUT2D eigenvalue weighted by atomic mass is 9.76. The second-order valence-corrected chi connectivity index (χ2v) is 6.35. The molecule has 1 aromatic rings. The molecule has 3 N–H and O–H groups in total. The van der Waals surface area contributed by atoms with Gasteiger partial charge in [0.2, 0.25) is 0 Å². The molecule has 0 amide bonds. The van der Waals surface area contributed by atoms with Crippen LogP contribution in [-0.2, 0) is 0 Å². The van der Waals surface area contributed by atoms with Gasteiger partial charge in [0, 0.05) is 10.9 Å². The minimum Gasteiger partial charge on any atom is -0.271 e. The van der Waals surface area contributed by atoms with Crippen LogP contribution in [0.4, 0.5) is 13.2 Å². The molecule has 0 saturated heterocycles. The van der Waals surface area contributed by atoms with Gasteiger partial charge in [0.05, 0.1) is 5.92 Å². The SMILES string of the molecule is Cc1sccc1C(NN)C1CCC(C(F)(F)F)CC1. The van der Waals surface area contributed by atoms with E-state index < -0.39 is 12.1 Å². The van der Waals surface area contributed by atoms with Gasteiger partial charge in [-0.05, 0) is 55.5 Å². The summed E-state index contributed by atoms with van der Waals surface area (Å²) in [5.41, 5.74) is 3.92. The van der Waals surface area contributed by atoms with Crippen molar-refractivity contribution in [3.05, 3.63) is 21.9 Å². The van der Waals surface area contributed by atoms with E-state index in [0.717, 1.165) is 5.56 Å². The Kier molecular flexibility index (Phi) is 4.53. The first-order valence-corrected chi connectivity index (χ1v) is 7.38. The number of hydrazine groups is 1. The Bertz CT molecular complexity index is 408. The number of alkyl halides is 3. The molecular formula is C13H19F3N2S. The van der Waals surface area contributed by atoms with Crippen LogP contribution >= 0.6 is 11.3 Å². The molecule has 0 aliphatic heterocycles. The number of nitrogens with two attached hydrogens (primary N) is 1. The maximum atomic E-state index is 12.7. The zero-order valence-electron chi connectivity index (χ0n) is 10.8. The number of hydrogen-bond acceptors (Lipinski definition) is 3. The van der Waals surface area contributed by atoms with E-state index in [9.17, 15) is 13.2 Å². The topological polar surface area (TPSA) is 38.0 Å². The summed E-state index contributed by atoms with van der Waals surface area (Å²) < 4.78 is 38.0. The minimum absolute atomic E-state index is 0.0274. The third-order valence-corrected chi connectivity index (χ3v) is 4.98. The molecule has 19 heavy (non-hydrogen) atoms. The highest BCUT2D eigenvalue weighted by atomic mass is 32.1. The van der Waals surface area contributed by atoms with Crippen LogP contribution in [0.2, 0.25) is 0 Å². The third kappa shape index (κ3) is 3.30. The van der Waals surface area contributed by atoms with Gasteiger partial charge in [-0.25, -0.2) is 0 Å². The fourth-order valence-electron chi connectivity index (χ4n) is 2.98. The maximum Gasteiger partial charge on any atom is 0.391 e. The molecule has 0 bridgehead atoms. The van der Waals surface area contributed by atoms with E-state index in [1.807, 2.05) is 18.4 Å². The highest BCUT2D eigenvalue weighted by Gasteiger charge is 2.42. The van der Waals surface area contributed by atoms with Gasteiger partial charge in [-0.15, -0.1) is 11.3 Å². The van der Waals surface area contributed by atoms with Crippen LogP contribution in [0.15, 0.2) is 11.4 Å². The van der Waals surface area contributed by atoms with Crippen molar-refractivity contribution in [1.29, 1.82) is 0 Å². The van der Waals surface area contributed by atoms with E-state index in [2.05, 4.69) is 5.43 Å². The molecule has 1 atom stereocenters. The molecular weight excluding hydrogens is 273 g/mol. The van der Waals surface area contributed by atoms with Gasteiger partial charge in [-0.1, -0.05) is 0 Å². The van der Waals surface area contributed by atoms with E-state index >= 15 is 0 Å². The third-order valence-electron chi connectivity index (χ3n) is 4.12. The van der Waals surface area contributed by atoms with Gasteiger partial charge in [0.15, 0.2) is 0 Å². The molecule has 2 nitrogen and oxygen atoms in total. The van der Waals surface area contributed by atoms with Crippen molar-refractivity contribution in [2.24, 2.45) is 17.7 Å². The van der Waals surface area contributed by atoms with E-state index in [1.54, 1.807) is 11.3 Å². The van der Waals surface area contributed by atoms with Crippen LogP contribution in [0, 0.1) is 18.8 Å². The van der Waals surface area contributed by atoms with E-state index in [1.165, 1.54) is 4.88 Å². The molecule has 1 aliphatic rings. The molecule has 1 fully saturated rings. The standard InChI is InChI=1S/C13H19F3N2S/c1-8-11(6-7-19-8)12(18-17)9-2-4-10(5-3-9)13(14,15)16/h6-7,9-10,12,18H,2-5,17H2,1H3. The van der Waals surface area contributed by atoms with Crippen molar-refractivity contribution >= 4 is 11.3 Å². The van der Waals surface area contributed by atoms with Gasteiger partial charge in [0.1, 0.15) is 0 Å². The molecule has 1 saturated carbocycles. The summed E-state index contributed by atoms with van der Waals surface area (Å²) in [7, 11) is 0. The van der Waals surface area contributed by atoms with Crippen molar-refractivity contribution in [2.45, 2.75) is 44.8 Å². The number of rotatable bonds is 3. The number of aryl methyl sites for hydroxylation is 1. The summed E-state index contributed by atoms with van der Waals surface area (Å²) in [4.78, 5) is 1.18. The highest BCUT2D eigenvalue weighted by Crippen LogP contribution is 2.43. The first-order valence-electron chi connectivity index (χ1n) is 6.50. The number of hydrogen-bond donors (Lipinski definition) is 2. The summed E-state index contributed by atoms with van der Waals surface area (Å²) in [5.74, 6) is 4.67. The second kappa shape index (κ2) is 5.81. The molecule has 108 valence electrons. The summed E-state index contributed by atoms with van der Waals surface area (Å²) in [5, 5.41) is 2.00. The predicted octanol–water partition coefficient (Wildman–Crippen LogP) is 3.93. The van der Waals surface area contributed by atoms with E-state index in [-0.39, 0.29) is 24.8 Å². The molecule has 1 heterocycles. The smallest absolute Gasteiger partial charge is 0.271 e. The van der Waals surface area contributed by atoms with Gasteiger partial charge in [0.25, 0.3) is 0 Å². The Labute approximate surface area is 115 Å². The van der Waals surface area contributed by atoms with E-state index in [0.29, 0.717) is 12.8 Å². The second-order valence-electron chi connectivity index (χ2n) is 5.23. The highest BCUT2D eigenvalue weighted by molar-refractivity contribution is 7.10. The lowest BCUT2D eigenvalue weighted by Crippen LogP contribution is -2.37. The van der Waals surface area contributed by atoms with Crippen LogP contribution in [0.5, 0.6) is 0 Å². The molecule has 1 unspecified atom stereocenters. The van der Waals surface area contributed by atoms with Crippen LogP contribution in [-0.4, -0.2) is 6.18 Å². The maximum absolute atomic E-state index is 12.7. The average molecular weight is 292 g/mol. The number of thiophene rings is 1. The number of nitrogens with one attached hydrogen (secondary N) is 1. The lowest BCUT2D eigenvalue weighted by Gasteiger charge is -2.34. The molecule has 6 heteroatoms. The molecule has 2 rings (SSSR count). The van der Waals surface area contributed by atoms with Crippen LogP contribution in [0.3, 0.4) is 0 Å². The zero-order valence-corrected chi connectivity index (χ0v) is 11.7. The summed E-state index contributed by atoms with van der Waals surface area (Å²) in [6.45, 7) is 2.02. The van der Waals surface area contributed by atoms with Gasteiger partial charge >= 0.3 is 6.18 Å². The van der Waals surface area contributed by atoms with Crippen molar-refractivity contribution in [2.75, 3.05) is 0 Å². The quantitative estimate of drug-likeness (QED) is 0.654. The first-order chi connectivity index (χ1) is 8.93. The molecule has 0 spiro atoms. The summed E-state index contributed by atoms with van der Waals surface area (Å²) in [6.07, 6.45) is -2.46. The van der Waals surface area contributed by atoms with Gasteiger partial charge in [-0.2, -0.15) is 13.2 Å². The monoisotopic (exact) mass is 292 g/mol. The Hall–Kier alpha value is -0.590. The first kappa shape index (κ1) is 14.8. The lowest BCUT2D eigenvalue weighted by molar-refractivity contribution is -0.184. The van der Waals surface area contributed by atoms with Crippen molar-refractivity contribution < 1.29 is 13.2 Å². The Morgan fingerprint density at radius 1 is 1.32 bits per heavy atom. The average Bonchev–Trinajstić information content (AvgIpc) is 2.76. The summed E-state index contributed by atoms with van der Waals surface area (Å²) >= 11 is 1.64. The van der Waals surface area contributed by atoms with Crippen LogP contribution in [0.1, 0.15) is 42.2 Å². The van der Waals surface area contributed by atoms with Crippen LogP contribution < -0.4 is 11.3 Å². The fraction of sp³-hybridized carbons (Fsp3) is 0.692. The predicted molar refractivity (Wildman–Crippen MR) is 70.6 cm³/mol. The molecule has 1 aliphatic carbocycles. The number of halogens is 3. The largest absolute Gasteiger partial charge is 0.391 e.